The number of imide groups is 1. The zero-order valence-electron chi connectivity index (χ0n) is 14.8. The molecular formula is C18H21N5O2. The van der Waals surface area contributed by atoms with E-state index < -0.39 is 11.6 Å². The SMILES string of the molecule is CC[C@]1(c2ccccc2)NC(=O)N(/N=C\c2c(C)nn(C)c2C)C1=O. The Morgan fingerprint density at radius 3 is 2.48 bits per heavy atom. The lowest BCUT2D eigenvalue weighted by Gasteiger charge is -2.24. The van der Waals surface area contributed by atoms with E-state index in [9.17, 15) is 9.59 Å². The van der Waals surface area contributed by atoms with Crippen LogP contribution in [0.5, 0.6) is 0 Å². The van der Waals surface area contributed by atoms with E-state index in [1.165, 1.54) is 6.21 Å². The Hall–Kier alpha value is -2.96. The Balaban J connectivity index is 1.95. The number of hydrogen-bond acceptors (Lipinski definition) is 4. The summed E-state index contributed by atoms with van der Waals surface area (Å²) in [5, 5.41) is 12.2. The standard InChI is InChI=1S/C18H21N5O2/c1-5-18(14-9-7-6-8-10-14)16(24)23(17(25)20-18)19-11-15-12(2)21-22(4)13(15)3/h6-11H,5H2,1-4H3,(H,20,25)/b19-11-/t18-/m1/s1. The lowest BCUT2D eigenvalue weighted by molar-refractivity contribution is -0.131. The van der Waals surface area contributed by atoms with Gasteiger partial charge in [0, 0.05) is 18.3 Å². The van der Waals surface area contributed by atoms with Crippen LogP contribution in [0.4, 0.5) is 4.79 Å². The lowest BCUT2D eigenvalue weighted by atomic mass is 9.87. The first-order valence-electron chi connectivity index (χ1n) is 8.17. The van der Waals surface area contributed by atoms with Crippen molar-refractivity contribution in [2.45, 2.75) is 32.7 Å². The number of carbonyl (C=O) groups is 2. The summed E-state index contributed by atoms with van der Waals surface area (Å²) < 4.78 is 1.74. The predicted octanol–water partition coefficient (Wildman–Crippen LogP) is 2.23. The zero-order valence-corrected chi connectivity index (χ0v) is 14.8. The highest BCUT2D eigenvalue weighted by atomic mass is 16.2. The molecule has 2 heterocycles. The van der Waals surface area contributed by atoms with Gasteiger partial charge >= 0.3 is 6.03 Å². The highest BCUT2D eigenvalue weighted by Gasteiger charge is 2.51. The van der Waals surface area contributed by atoms with Crippen molar-refractivity contribution in [3.63, 3.8) is 0 Å². The number of nitrogens with one attached hydrogen (secondary N) is 1. The normalized spacial score (nSPS) is 20.6. The first-order chi connectivity index (χ1) is 11.9. The van der Waals surface area contributed by atoms with Gasteiger partial charge in [-0.3, -0.25) is 9.48 Å². The van der Waals surface area contributed by atoms with Crippen molar-refractivity contribution in [2.75, 3.05) is 0 Å². The first kappa shape index (κ1) is 16.9. The minimum Gasteiger partial charge on any atom is -0.318 e. The number of benzene rings is 1. The third kappa shape index (κ3) is 2.61. The van der Waals surface area contributed by atoms with Crippen molar-refractivity contribution in [3.05, 3.63) is 52.8 Å². The van der Waals surface area contributed by atoms with Crippen LogP contribution in [0.25, 0.3) is 0 Å². The molecule has 1 atom stereocenters. The molecule has 1 aliphatic rings. The van der Waals surface area contributed by atoms with E-state index in [0.717, 1.165) is 27.5 Å². The molecule has 1 fully saturated rings. The third-order valence-electron chi connectivity index (χ3n) is 4.73. The van der Waals surface area contributed by atoms with Gasteiger partial charge in [-0.05, 0) is 25.8 Å². The summed E-state index contributed by atoms with van der Waals surface area (Å²) in [6.07, 6.45) is 1.96. The molecule has 0 unspecified atom stereocenters. The van der Waals surface area contributed by atoms with Crippen molar-refractivity contribution in [1.82, 2.24) is 20.1 Å². The number of hydrazone groups is 1. The van der Waals surface area contributed by atoms with E-state index in [4.69, 9.17) is 0 Å². The quantitative estimate of drug-likeness (QED) is 0.685. The maximum atomic E-state index is 13.0. The van der Waals surface area contributed by atoms with Gasteiger partial charge < -0.3 is 5.32 Å². The maximum absolute atomic E-state index is 13.0. The second kappa shape index (κ2) is 6.16. The largest absolute Gasteiger partial charge is 0.346 e. The number of urea groups is 1. The summed E-state index contributed by atoms with van der Waals surface area (Å²) in [5.41, 5.74) is 2.19. The summed E-state index contributed by atoms with van der Waals surface area (Å²) in [5.74, 6) is -0.373. The van der Waals surface area contributed by atoms with E-state index in [0.29, 0.717) is 6.42 Å². The van der Waals surface area contributed by atoms with Crippen molar-refractivity contribution in [3.8, 4) is 0 Å². The molecule has 2 aromatic rings. The summed E-state index contributed by atoms with van der Waals surface area (Å²) in [4.78, 5) is 25.4. The lowest BCUT2D eigenvalue weighted by Crippen LogP contribution is -2.43. The van der Waals surface area contributed by atoms with Crippen LogP contribution in [-0.2, 0) is 17.4 Å². The minimum absolute atomic E-state index is 0.373. The van der Waals surface area contributed by atoms with Crippen LogP contribution in [0.1, 0.15) is 35.9 Å². The Morgan fingerprint density at radius 2 is 1.92 bits per heavy atom. The maximum Gasteiger partial charge on any atom is 0.346 e. The molecule has 7 heteroatoms. The molecule has 1 aromatic heterocycles. The van der Waals surface area contributed by atoms with Gasteiger partial charge in [-0.1, -0.05) is 37.3 Å². The molecule has 0 saturated carbocycles. The van der Waals surface area contributed by atoms with Gasteiger partial charge in [0.15, 0.2) is 0 Å². The average Bonchev–Trinajstić information content (AvgIpc) is 3.00. The summed E-state index contributed by atoms with van der Waals surface area (Å²) in [6.45, 7) is 5.64. The fraction of sp³-hybridized carbons (Fsp3) is 0.333. The highest BCUT2D eigenvalue weighted by Crippen LogP contribution is 2.32. The second-order valence-corrected chi connectivity index (χ2v) is 6.12. The van der Waals surface area contributed by atoms with Crippen molar-refractivity contribution >= 4 is 18.2 Å². The van der Waals surface area contributed by atoms with Crippen molar-refractivity contribution in [2.24, 2.45) is 12.1 Å². The van der Waals surface area contributed by atoms with E-state index in [-0.39, 0.29) is 5.91 Å². The fourth-order valence-electron chi connectivity index (χ4n) is 3.12. The van der Waals surface area contributed by atoms with Crippen LogP contribution >= 0.6 is 0 Å². The molecule has 0 spiro atoms. The van der Waals surface area contributed by atoms with Gasteiger partial charge in [0.25, 0.3) is 5.91 Å². The minimum atomic E-state index is -1.07. The molecule has 3 rings (SSSR count). The number of nitrogens with zero attached hydrogens (tertiary/aromatic N) is 4. The van der Waals surface area contributed by atoms with Gasteiger partial charge in [0.05, 0.1) is 11.9 Å². The molecule has 0 bridgehead atoms. The highest BCUT2D eigenvalue weighted by molar-refractivity contribution is 6.07. The van der Waals surface area contributed by atoms with Crippen molar-refractivity contribution in [1.29, 1.82) is 0 Å². The number of amides is 3. The van der Waals surface area contributed by atoms with E-state index in [1.807, 2.05) is 58.2 Å². The molecule has 1 aliphatic heterocycles. The Labute approximate surface area is 146 Å². The number of hydrogen-bond donors (Lipinski definition) is 1. The number of carbonyl (C=O) groups excluding carboxylic acids is 2. The van der Waals surface area contributed by atoms with Crippen LogP contribution in [-0.4, -0.2) is 32.9 Å². The van der Waals surface area contributed by atoms with E-state index in [2.05, 4.69) is 15.5 Å². The van der Waals surface area contributed by atoms with Crippen LogP contribution in [0, 0.1) is 13.8 Å². The van der Waals surface area contributed by atoms with E-state index in [1.54, 1.807) is 4.68 Å². The molecule has 1 aromatic carbocycles. The van der Waals surface area contributed by atoms with Gasteiger partial charge in [0.1, 0.15) is 5.54 Å². The zero-order chi connectivity index (χ0) is 18.2. The number of rotatable bonds is 4. The summed E-state index contributed by atoms with van der Waals surface area (Å²) in [6, 6.07) is 8.72. The van der Waals surface area contributed by atoms with Crippen LogP contribution in [0.2, 0.25) is 0 Å². The van der Waals surface area contributed by atoms with Crippen LogP contribution in [0.15, 0.2) is 35.4 Å². The van der Waals surface area contributed by atoms with Crippen LogP contribution in [0.3, 0.4) is 0 Å². The number of aromatic nitrogens is 2. The van der Waals surface area contributed by atoms with Crippen molar-refractivity contribution < 1.29 is 9.59 Å². The van der Waals surface area contributed by atoms with Gasteiger partial charge in [0.2, 0.25) is 0 Å². The molecular weight excluding hydrogens is 318 g/mol. The van der Waals surface area contributed by atoms with Gasteiger partial charge in [-0.25, -0.2) is 4.79 Å². The molecule has 7 nitrogen and oxygen atoms in total. The topological polar surface area (TPSA) is 79.6 Å². The van der Waals surface area contributed by atoms with Gasteiger partial charge in [-0.15, -0.1) is 5.01 Å². The predicted molar refractivity (Wildman–Crippen MR) is 94.1 cm³/mol. The van der Waals surface area contributed by atoms with E-state index >= 15 is 0 Å². The molecule has 0 aliphatic carbocycles. The molecule has 1 saturated heterocycles. The Kier molecular flexibility index (Phi) is 4.16. The monoisotopic (exact) mass is 339 g/mol. The summed E-state index contributed by atoms with van der Waals surface area (Å²) in [7, 11) is 1.84. The first-order valence-corrected chi connectivity index (χ1v) is 8.17. The number of aryl methyl sites for hydroxylation is 2. The molecule has 25 heavy (non-hydrogen) atoms. The smallest absolute Gasteiger partial charge is 0.318 e. The molecule has 3 amide bonds. The molecule has 1 N–H and O–H groups in total. The molecule has 130 valence electrons. The Morgan fingerprint density at radius 1 is 1.24 bits per heavy atom. The molecule has 0 radical (unpaired) electrons. The average molecular weight is 339 g/mol. The second-order valence-electron chi connectivity index (χ2n) is 6.12. The fourth-order valence-corrected chi connectivity index (χ4v) is 3.12. The third-order valence-corrected chi connectivity index (χ3v) is 4.73. The summed E-state index contributed by atoms with van der Waals surface area (Å²) >= 11 is 0. The van der Waals surface area contributed by atoms with Gasteiger partial charge in [-0.2, -0.15) is 10.2 Å². The Bertz CT molecular complexity index is 856. The van der Waals surface area contributed by atoms with Crippen LogP contribution < -0.4 is 5.32 Å².